The molecule has 0 amide bonds. The zero-order chi connectivity index (χ0) is 14.0. The third kappa shape index (κ3) is 1.44. The van der Waals surface area contributed by atoms with Crippen LogP contribution in [0.3, 0.4) is 0 Å². The number of allylic oxidation sites excluding steroid dienone is 2. The predicted octanol–water partition coefficient (Wildman–Crippen LogP) is 4.55. The van der Waals surface area contributed by atoms with Crippen LogP contribution in [0.25, 0.3) is 10.8 Å². The molecule has 0 heterocycles. The molecule has 1 nitrogen and oxygen atoms in total. The molecular formula is C20H18O. The van der Waals surface area contributed by atoms with Crippen LogP contribution in [-0.2, 0) is 6.42 Å². The van der Waals surface area contributed by atoms with Gasteiger partial charge in [0, 0.05) is 11.0 Å². The molecule has 1 heteroatoms. The van der Waals surface area contributed by atoms with Crippen molar-refractivity contribution in [2.45, 2.75) is 25.7 Å². The monoisotopic (exact) mass is 274 g/mol. The Morgan fingerprint density at radius 2 is 1.86 bits per heavy atom. The summed E-state index contributed by atoms with van der Waals surface area (Å²) in [6.07, 6.45) is 9.04. The van der Waals surface area contributed by atoms with Crippen LogP contribution in [0.15, 0.2) is 48.6 Å². The Labute approximate surface area is 124 Å². The summed E-state index contributed by atoms with van der Waals surface area (Å²) in [7, 11) is 0. The minimum atomic E-state index is -0.0745. The van der Waals surface area contributed by atoms with Crippen molar-refractivity contribution >= 4 is 16.6 Å². The molecule has 104 valence electrons. The van der Waals surface area contributed by atoms with E-state index in [4.69, 9.17) is 0 Å². The minimum absolute atomic E-state index is 0.0745. The van der Waals surface area contributed by atoms with Gasteiger partial charge >= 0.3 is 0 Å². The Balaban J connectivity index is 1.68. The summed E-state index contributed by atoms with van der Waals surface area (Å²) in [4.78, 5) is 13.2. The topological polar surface area (TPSA) is 17.1 Å². The second-order valence-electron chi connectivity index (χ2n) is 7.03. The molecule has 3 aliphatic carbocycles. The lowest BCUT2D eigenvalue weighted by Gasteiger charge is -2.38. The molecule has 3 atom stereocenters. The first-order valence-electron chi connectivity index (χ1n) is 8.01. The van der Waals surface area contributed by atoms with Crippen LogP contribution in [0.5, 0.6) is 0 Å². The summed E-state index contributed by atoms with van der Waals surface area (Å²) in [5.74, 6) is 1.57. The third-order valence-electron chi connectivity index (χ3n) is 6.02. The van der Waals surface area contributed by atoms with Crippen molar-refractivity contribution in [1.82, 2.24) is 0 Å². The molecule has 1 spiro atoms. The lowest BCUT2D eigenvalue weighted by atomic mass is 9.63. The molecule has 3 aliphatic rings. The van der Waals surface area contributed by atoms with Gasteiger partial charge in [0.25, 0.3) is 0 Å². The number of Topliss-reactive ketones (excluding diaryl/α,β-unsaturated/α-hetero) is 1. The van der Waals surface area contributed by atoms with E-state index in [1.54, 1.807) is 0 Å². The maximum absolute atomic E-state index is 13.2. The quantitative estimate of drug-likeness (QED) is 0.644. The van der Waals surface area contributed by atoms with Crippen LogP contribution in [0.4, 0.5) is 0 Å². The molecule has 2 aromatic rings. The van der Waals surface area contributed by atoms with Gasteiger partial charge in [0.1, 0.15) is 0 Å². The van der Waals surface area contributed by atoms with E-state index in [-0.39, 0.29) is 5.41 Å². The molecule has 5 rings (SSSR count). The number of hydrogen-bond donors (Lipinski definition) is 0. The van der Waals surface area contributed by atoms with Gasteiger partial charge in [-0.2, -0.15) is 0 Å². The highest BCUT2D eigenvalue weighted by Crippen LogP contribution is 2.57. The van der Waals surface area contributed by atoms with E-state index in [0.717, 1.165) is 24.8 Å². The fourth-order valence-electron chi connectivity index (χ4n) is 4.95. The number of aryl methyl sites for hydroxylation is 1. The number of carbonyl (C=O) groups excluding carboxylic acids is 1. The highest BCUT2D eigenvalue weighted by Gasteiger charge is 2.54. The zero-order valence-electron chi connectivity index (χ0n) is 12.0. The molecule has 21 heavy (non-hydrogen) atoms. The van der Waals surface area contributed by atoms with Crippen LogP contribution < -0.4 is 0 Å². The fourth-order valence-corrected chi connectivity index (χ4v) is 4.95. The average Bonchev–Trinajstić information content (AvgIpc) is 3.11. The summed E-state index contributed by atoms with van der Waals surface area (Å²) in [6.45, 7) is 0. The van der Waals surface area contributed by atoms with E-state index in [9.17, 15) is 4.79 Å². The van der Waals surface area contributed by atoms with Crippen molar-refractivity contribution in [1.29, 1.82) is 0 Å². The van der Waals surface area contributed by atoms with Crippen molar-refractivity contribution in [3.05, 3.63) is 59.7 Å². The molecular weight excluding hydrogens is 256 g/mol. The van der Waals surface area contributed by atoms with E-state index in [1.165, 1.54) is 22.8 Å². The van der Waals surface area contributed by atoms with Crippen molar-refractivity contribution in [3.8, 4) is 0 Å². The fraction of sp³-hybridized carbons (Fsp3) is 0.350. The molecule has 0 aromatic heterocycles. The number of fused-ring (bicyclic) bond motifs is 5. The van der Waals surface area contributed by atoms with Crippen LogP contribution in [0.2, 0.25) is 0 Å². The number of carbonyl (C=O) groups is 1. The summed E-state index contributed by atoms with van der Waals surface area (Å²) < 4.78 is 0. The maximum Gasteiger partial charge on any atom is 0.169 e. The lowest BCUT2D eigenvalue weighted by Crippen LogP contribution is -2.39. The maximum atomic E-state index is 13.2. The molecule has 3 unspecified atom stereocenters. The molecule has 0 N–H and O–H groups in total. The van der Waals surface area contributed by atoms with Crippen LogP contribution in [-0.4, -0.2) is 5.78 Å². The van der Waals surface area contributed by atoms with Gasteiger partial charge in [-0.1, -0.05) is 42.5 Å². The van der Waals surface area contributed by atoms with Gasteiger partial charge in [-0.15, -0.1) is 0 Å². The summed E-state index contributed by atoms with van der Waals surface area (Å²) in [6, 6.07) is 12.8. The van der Waals surface area contributed by atoms with E-state index >= 15 is 0 Å². The van der Waals surface area contributed by atoms with Crippen LogP contribution in [0.1, 0.15) is 35.2 Å². The highest BCUT2D eigenvalue weighted by molar-refractivity contribution is 6.06. The van der Waals surface area contributed by atoms with E-state index in [1.807, 2.05) is 0 Å². The van der Waals surface area contributed by atoms with Crippen molar-refractivity contribution < 1.29 is 4.79 Å². The van der Waals surface area contributed by atoms with Crippen LogP contribution >= 0.6 is 0 Å². The highest BCUT2D eigenvalue weighted by atomic mass is 16.1. The predicted molar refractivity (Wildman–Crippen MR) is 84.4 cm³/mol. The van der Waals surface area contributed by atoms with E-state index in [2.05, 4.69) is 48.6 Å². The number of ketones is 1. The second-order valence-corrected chi connectivity index (χ2v) is 7.03. The van der Waals surface area contributed by atoms with Gasteiger partial charge < -0.3 is 0 Å². The summed E-state index contributed by atoms with van der Waals surface area (Å²) in [5.41, 5.74) is 2.19. The first-order valence-corrected chi connectivity index (χ1v) is 8.01. The Hall–Kier alpha value is -1.89. The number of hydrogen-bond acceptors (Lipinski definition) is 1. The molecule has 2 aromatic carbocycles. The normalized spacial score (nSPS) is 33.0. The van der Waals surface area contributed by atoms with E-state index < -0.39 is 0 Å². The first-order chi connectivity index (χ1) is 10.3. The van der Waals surface area contributed by atoms with E-state index in [0.29, 0.717) is 17.6 Å². The number of rotatable bonds is 0. The average molecular weight is 274 g/mol. The largest absolute Gasteiger partial charge is 0.294 e. The second kappa shape index (κ2) is 3.85. The standard InChI is InChI=1S/C20H18O/c21-19-18-11-15-4-2-1-3-14(15)10-16(18)7-8-20(19)12-13-5-6-17(20)9-13/h1-6,10-11,13,17H,7-9,12H2. The summed E-state index contributed by atoms with van der Waals surface area (Å²) in [5, 5.41) is 2.45. The molecule has 0 aliphatic heterocycles. The van der Waals surface area contributed by atoms with Gasteiger partial charge in [-0.3, -0.25) is 4.79 Å². The number of benzene rings is 2. The molecule has 0 saturated heterocycles. The van der Waals surface area contributed by atoms with Gasteiger partial charge in [0.05, 0.1) is 0 Å². The first kappa shape index (κ1) is 11.7. The van der Waals surface area contributed by atoms with Crippen molar-refractivity contribution in [2.24, 2.45) is 17.3 Å². The van der Waals surface area contributed by atoms with Gasteiger partial charge in [0.2, 0.25) is 0 Å². The minimum Gasteiger partial charge on any atom is -0.294 e. The van der Waals surface area contributed by atoms with Crippen LogP contribution in [0, 0.1) is 17.3 Å². The lowest BCUT2D eigenvalue weighted by molar-refractivity contribution is 0.0703. The Bertz CT molecular complexity index is 801. The Morgan fingerprint density at radius 1 is 1.05 bits per heavy atom. The third-order valence-corrected chi connectivity index (χ3v) is 6.02. The smallest absolute Gasteiger partial charge is 0.169 e. The Morgan fingerprint density at radius 3 is 2.57 bits per heavy atom. The van der Waals surface area contributed by atoms with Gasteiger partial charge in [0.15, 0.2) is 5.78 Å². The SMILES string of the molecule is O=C1c2cc3ccccc3cc2CCC12CC1C=CC2C1. The summed E-state index contributed by atoms with van der Waals surface area (Å²) >= 11 is 0. The zero-order valence-corrected chi connectivity index (χ0v) is 12.0. The van der Waals surface area contributed by atoms with Crippen molar-refractivity contribution in [3.63, 3.8) is 0 Å². The Kier molecular flexibility index (Phi) is 2.15. The molecule has 2 bridgehead atoms. The van der Waals surface area contributed by atoms with Gasteiger partial charge in [-0.25, -0.2) is 0 Å². The van der Waals surface area contributed by atoms with Crippen molar-refractivity contribution in [2.75, 3.05) is 0 Å². The molecule has 0 radical (unpaired) electrons. The van der Waals surface area contributed by atoms with Gasteiger partial charge in [-0.05, 0) is 59.9 Å². The molecule has 1 fully saturated rings. The molecule has 1 saturated carbocycles.